The fourth-order valence-electron chi connectivity index (χ4n) is 5.60. The fourth-order valence-corrected chi connectivity index (χ4v) is 7.20. The van der Waals surface area contributed by atoms with Gasteiger partial charge in [0.2, 0.25) is 5.91 Å². The Labute approximate surface area is 254 Å². The molecule has 2 saturated heterocycles. The van der Waals surface area contributed by atoms with Crippen LogP contribution in [0.25, 0.3) is 0 Å². The van der Waals surface area contributed by atoms with E-state index >= 15 is 0 Å². The molecule has 3 aromatic carbocycles. The molecule has 43 heavy (non-hydrogen) atoms. The summed E-state index contributed by atoms with van der Waals surface area (Å²) >= 11 is 0. The van der Waals surface area contributed by atoms with Gasteiger partial charge in [-0.15, -0.1) is 10.8 Å². The maximum atomic E-state index is 13.8. The van der Waals surface area contributed by atoms with Gasteiger partial charge in [0, 0.05) is 43.9 Å². The molecule has 11 heteroatoms. The van der Waals surface area contributed by atoms with Crippen molar-refractivity contribution in [2.75, 3.05) is 41.7 Å². The van der Waals surface area contributed by atoms with E-state index in [2.05, 4.69) is 10.6 Å². The van der Waals surface area contributed by atoms with Crippen LogP contribution in [-0.2, 0) is 17.8 Å². The van der Waals surface area contributed by atoms with Gasteiger partial charge < -0.3 is 25.4 Å². The number of methoxy groups -OCH3 is 1. The van der Waals surface area contributed by atoms with Gasteiger partial charge in [0.15, 0.2) is 0 Å². The number of hydrogen-bond donors (Lipinski definition) is 5. The van der Waals surface area contributed by atoms with Crippen molar-refractivity contribution in [3.8, 4) is 5.75 Å². The van der Waals surface area contributed by atoms with Crippen LogP contribution in [0.2, 0.25) is 0 Å². The highest BCUT2D eigenvalue weighted by Crippen LogP contribution is 2.51. The highest BCUT2D eigenvalue weighted by Gasteiger charge is 2.32. The first-order chi connectivity index (χ1) is 20.7. The third-order valence-electron chi connectivity index (χ3n) is 7.87. The van der Waals surface area contributed by atoms with E-state index in [-0.39, 0.29) is 23.8 Å². The summed E-state index contributed by atoms with van der Waals surface area (Å²) in [5.41, 5.74) is 3.28. The number of amides is 2. The zero-order valence-corrected chi connectivity index (χ0v) is 25.1. The highest BCUT2D eigenvalue weighted by molar-refractivity contribution is 8.25. The Hall–Kier alpha value is -3.61. The first kappa shape index (κ1) is 30.8. The van der Waals surface area contributed by atoms with Crippen LogP contribution in [0.5, 0.6) is 5.75 Å². The number of nitrogens with zero attached hydrogens (tertiary/aromatic N) is 2. The molecule has 0 bridgehead atoms. The lowest BCUT2D eigenvalue weighted by atomic mass is 10.00. The van der Waals surface area contributed by atoms with Gasteiger partial charge >= 0.3 is 0 Å². The lowest BCUT2D eigenvalue weighted by molar-refractivity contribution is -0.117. The molecule has 0 saturated carbocycles. The summed E-state index contributed by atoms with van der Waals surface area (Å²) in [6.45, 7) is 1.72. The average Bonchev–Trinajstić information content (AvgIpc) is 3.61. The number of aliphatic hydroxyl groups excluding tert-OH is 1. The predicted molar refractivity (Wildman–Crippen MR) is 170 cm³/mol. The molecule has 2 amide bonds. The van der Waals surface area contributed by atoms with E-state index in [0.29, 0.717) is 50.3 Å². The quantitative estimate of drug-likeness (QED) is 0.207. The SMILES string of the molecule is COc1cccc(CNC[C@H](O)[C@H](Cc2ccccc2)NC(=O)c2cc(N3CCCC3=O)cc(N3CCCS3(O)O)c2)c1. The minimum atomic E-state index is -3.01. The van der Waals surface area contributed by atoms with Gasteiger partial charge in [-0.1, -0.05) is 42.5 Å². The van der Waals surface area contributed by atoms with Crippen molar-refractivity contribution < 1.29 is 28.5 Å². The van der Waals surface area contributed by atoms with Crippen molar-refractivity contribution in [3.63, 3.8) is 0 Å². The maximum Gasteiger partial charge on any atom is 0.251 e. The minimum Gasteiger partial charge on any atom is -0.497 e. The van der Waals surface area contributed by atoms with E-state index in [4.69, 9.17) is 4.74 Å². The molecule has 2 heterocycles. The molecular formula is C32H40N4O6S. The molecule has 2 aliphatic rings. The van der Waals surface area contributed by atoms with Gasteiger partial charge in [0.05, 0.1) is 30.7 Å². The third kappa shape index (κ3) is 7.67. The number of hydrogen-bond acceptors (Lipinski definition) is 8. The van der Waals surface area contributed by atoms with E-state index < -0.39 is 28.8 Å². The van der Waals surface area contributed by atoms with Crippen molar-refractivity contribution in [1.82, 2.24) is 10.6 Å². The molecule has 5 N–H and O–H groups in total. The number of rotatable bonds is 12. The molecule has 3 aromatic rings. The Morgan fingerprint density at radius 1 is 0.977 bits per heavy atom. The molecule has 10 nitrogen and oxygen atoms in total. The number of carbonyl (C=O) groups excluding carboxylic acids is 2. The smallest absolute Gasteiger partial charge is 0.251 e. The van der Waals surface area contributed by atoms with E-state index in [0.717, 1.165) is 23.3 Å². The van der Waals surface area contributed by atoms with Crippen molar-refractivity contribution in [2.24, 2.45) is 0 Å². The van der Waals surface area contributed by atoms with Crippen molar-refractivity contribution in [1.29, 1.82) is 0 Å². The normalized spacial score (nSPS) is 18.4. The molecule has 5 rings (SSSR count). The fraction of sp³-hybridized carbons (Fsp3) is 0.375. The van der Waals surface area contributed by atoms with Gasteiger partial charge in [-0.2, -0.15) is 0 Å². The highest BCUT2D eigenvalue weighted by atomic mass is 32.3. The predicted octanol–water partition coefficient (Wildman–Crippen LogP) is 4.19. The Morgan fingerprint density at radius 2 is 1.74 bits per heavy atom. The lowest BCUT2D eigenvalue weighted by Crippen LogP contribution is -2.48. The maximum absolute atomic E-state index is 13.8. The van der Waals surface area contributed by atoms with Gasteiger partial charge in [-0.25, -0.2) is 0 Å². The molecule has 0 spiro atoms. The van der Waals surface area contributed by atoms with Gasteiger partial charge in [-0.3, -0.25) is 23.0 Å². The third-order valence-corrected chi connectivity index (χ3v) is 9.80. The second kappa shape index (κ2) is 13.8. The van der Waals surface area contributed by atoms with Crippen molar-refractivity contribution >= 4 is 34.0 Å². The Bertz CT molecular complexity index is 1420. The molecule has 2 atom stereocenters. The molecule has 2 fully saturated rings. The first-order valence-electron chi connectivity index (χ1n) is 14.6. The summed E-state index contributed by atoms with van der Waals surface area (Å²) in [7, 11) is -1.39. The van der Waals surface area contributed by atoms with Crippen LogP contribution in [0, 0.1) is 0 Å². The van der Waals surface area contributed by atoms with E-state index in [1.807, 2.05) is 54.6 Å². The average molecular weight is 609 g/mol. The zero-order chi connectivity index (χ0) is 30.4. The minimum absolute atomic E-state index is 0.0315. The lowest BCUT2D eigenvalue weighted by Gasteiger charge is -2.38. The second-order valence-corrected chi connectivity index (χ2v) is 13.1. The summed E-state index contributed by atoms with van der Waals surface area (Å²) in [6.07, 6.45) is 1.25. The van der Waals surface area contributed by atoms with Crippen LogP contribution in [-0.4, -0.2) is 70.7 Å². The number of anilines is 2. The molecular weight excluding hydrogens is 568 g/mol. The summed E-state index contributed by atoms with van der Waals surface area (Å²) in [6, 6.07) is 21.7. The monoisotopic (exact) mass is 608 g/mol. The van der Waals surface area contributed by atoms with Crippen molar-refractivity contribution in [2.45, 2.75) is 44.4 Å². The first-order valence-corrected chi connectivity index (χ1v) is 16.3. The summed E-state index contributed by atoms with van der Waals surface area (Å²) in [4.78, 5) is 28.0. The van der Waals surface area contributed by atoms with E-state index in [1.54, 1.807) is 30.2 Å². The van der Waals surface area contributed by atoms with Crippen LogP contribution in [0.3, 0.4) is 0 Å². The number of ether oxygens (including phenoxy) is 1. The Balaban J connectivity index is 1.37. The van der Waals surface area contributed by atoms with Gasteiger partial charge in [0.25, 0.3) is 5.91 Å². The number of benzene rings is 3. The molecule has 2 aliphatic heterocycles. The molecule has 0 unspecified atom stereocenters. The van der Waals surface area contributed by atoms with Crippen LogP contribution in [0.1, 0.15) is 40.7 Å². The molecule has 0 aromatic heterocycles. The number of nitrogens with one attached hydrogen (secondary N) is 2. The number of aliphatic hydroxyl groups is 1. The van der Waals surface area contributed by atoms with Crippen LogP contribution in [0.4, 0.5) is 11.4 Å². The van der Waals surface area contributed by atoms with E-state index in [9.17, 15) is 23.8 Å². The molecule has 0 aliphatic carbocycles. The van der Waals surface area contributed by atoms with Crippen LogP contribution in [0.15, 0.2) is 72.8 Å². The summed E-state index contributed by atoms with van der Waals surface area (Å²) in [5, 5.41) is 17.6. The van der Waals surface area contributed by atoms with Crippen LogP contribution < -0.4 is 24.6 Å². The topological polar surface area (TPSA) is 135 Å². The summed E-state index contributed by atoms with van der Waals surface area (Å²) < 4.78 is 28.1. The van der Waals surface area contributed by atoms with Gasteiger partial charge in [0.1, 0.15) is 5.75 Å². The largest absolute Gasteiger partial charge is 0.497 e. The van der Waals surface area contributed by atoms with Crippen LogP contribution >= 0.6 is 10.8 Å². The van der Waals surface area contributed by atoms with Gasteiger partial charge in [-0.05, 0) is 60.7 Å². The molecule has 230 valence electrons. The molecule has 0 radical (unpaired) electrons. The Kier molecular flexibility index (Phi) is 9.89. The summed E-state index contributed by atoms with van der Waals surface area (Å²) in [5.74, 6) is 0.561. The number of carbonyl (C=O) groups is 2. The second-order valence-electron chi connectivity index (χ2n) is 11.0. The van der Waals surface area contributed by atoms with Crippen molar-refractivity contribution in [3.05, 3.63) is 89.5 Å². The van der Waals surface area contributed by atoms with E-state index in [1.165, 1.54) is 4.31 Å². The zero-order valence-electron chi connectivity index (χ0n) is 24.3. The Morgan fingerprint density at radius 3 is 2.44 bits per heavy atom. The standard InChI is InChI=1S/C32H40N4O6S/c1-42-28-11-5-10-24(16-28)21-33-22-30(37)29(17-23-8-3-2-4-9-23)34-32(39)25-18-26(35-13-6-12-31(35)38)20-27(19-25)36-14-7-15-43(36,40)41/h2-5,8-11,16,18-20,29-30,33,37,40-41H,6-7,12-15,17,21-22H2,1H3,(H,34,39)/t29-,30-/m0/s1.